The van der Waals surface area contributed by atoms with E-state index >= 15 is 0 Å². The topological polar surface area (TPSA) is 49.8 Å². The zero-order chi connectivity index (χ0) is 15.2. The average Bonchev–Trinajstić information content (AvgIpc) is 2.43. The van der Waals surface area contributed by atoms with Gasteiger partial charge in [0.1, 0.15) is 0 Å². The van der Waals surface area contributed by atoms with Gasteiger partial charge in [0.15, 0.2) is 0 Å². The van der Waals surface area contributed by atoms with E-state index in [0.717, 1.165) is 38.0 Å². The lowest BCUT2D eigenvalue weighted by atomic mass is 10.1. The Morgan fingerprint density at radius 3 is 2.67 bits per heavy atom. The van der Waals surface area contributed by atoms with Crippen LogP contribution in [0.5, 0.6) is 0 Å². The molecule has 0 spiro atoms. The molecule has 1 fully saturated rings. The van der Waals surface area contributed by atoms with Crippen molar-refractivity contribution in [2.24, 2.45) is 0 Å². The number of likely N-dealkylation sites (tertiary alicyclic amines) is 1. The van der Waals surface area contributed by atoms with Gasteiger partial charge in [-0.05, 0) is 30.5 Å². The predicted octanol–water partition coefficient (Wildman–Crippen LogP) is 3.45. The lowest BCUT2D eigenvalue weighted by molar-refractivity contribution is -0.138. The summed E-state index contributed by atoms with van der Waals surface area (Å²) in [5, 5.41) is 9.93. The number of benzene rings is 1. The lowest BCUT2D eigenvalue weighted by Crippen LogP contribution is -2.36. The van der Waals surface area contributed by atoms with Crippen molar-refractivity contribution in [3.05, 3.63) is 33.8 Å². The first-order chi connectivity index (χ1) is 10.0. The van der Waals surface area contributed by atoms with Crippen molar-refractivity contribution in [1.29, 1.82) is 0 Å². The highest BCUT2D eigenvalue weighted by molar-refractivity contribution is 6.35. The molecule has 0 amide bonds. The maximum atomic E-state index is 10.4. The Hall–Kier alpha value is -0.810. The second-order valence-corrected chi connectivity index (χ2v) is 6.07. The van der Waals surface area contributed by atoms with Crippen LogP contribution in [0.15, 0.2) is 18.2 Å². The van der Waals surface area contributed by atoms with Gasteiger partial charge >= 0.3 is 5.97 Å². The largest absolute Gasteiger partial charge is 0.481 e. The second kappa shape index (κ2) is 7.99. The minimum Gasteiger partial charge on any atom is -0.481 e. The minimum atomic E-state index is -0.815. The molecule has 0 unspecified atom stereocenters. The molecule has 4 nitrogen and oxygen atoms in total. The summed E-state index contributed by atoms with van der Waals surface area (Å²) in [4.78, 5) is 12.8. The number of aliphatic carboxylic acids is 1. The second-order valence-electron chi connectivity index (χ2n) is 5.23. The molecule has 0 atom stereocenters. The van der Waals surface area contributed by atoms with Crippen LogP contribution in [0.2, 0.25) is 10.0 Å². The Morgan fingerprint density at radius 1 is 1.33 bits per heavy atom. The number of carbonyl (C=O) groups is 1. The van der Waals surface area contributed by atoms with Crippen molar-refractivity contribution in [2.75, 3.05) is 19.7 Å². The van der Waals surface area contributed by atoms with Gasteiger partial charge in [0.05, 0.1) is 19.1 Å². The molecule has 1 N–H and O–H groups in total. The van der Waals surface area contributed by atoms with E-state index in [4.69, 9.17) is 33.0 Å². The third-order valence-electron chi connectivity index (χ3n) is 3.61. The van der Waals surface area contributed by atoms with Crippen LogP contribution in [0.3, 0.4) is 0 Å². The number of ether oxygens (including phenoxy) is 1. The quantitative estimate of drug-likeness (QED) is 0.867. The fraction of sp³-hybridized carbons (Fsp3) is 0.533. The van der Waals surface area contributed by atoms with Crippen molar-refractivity contribution < 1.29 is 14.6 Å². The third-order valence-corrected chi connectivity index (χ3v) is 4.20. The maximum Gasteiger partial charge on any atom is 0.305 e. The highest BCUT2D eigenvalue weighted by Gasteiger charge is 2.20. The molecule has 1 aromatic rings. The Kier molecular flexibility index (Phi) is 6.30. The van der Waals surface area contributed by atoms with E-state index in [-0.39, 0.29) is 12.5 Å². The van der Waals surface area contributed by atoms with E-state index < -0.39 is 5.97 Å². The average molecular weight is 332 g/mol. The van der Waals surface area contributed by atoms with E-state index in [2.05, 4.69) is 4.90 Å². The van der Waals surface area contributed by atoms with Crippen molar-refractivity contribution in [3.8, 4) is 0 Å². The first kappa shape index (κ1) is 16.6. The number of rotatable bonds is 6. The molecular weight excluding hydrogens is 313 g/mol. The molecule has 1 saturated heterocycles. The number of carboxylic acid groups (broad SMARTS) is 1. The van der Waals surface area contributed by atoms with Crippen molar-refractivity contribution in [3.63, 3.8) is 0 Å². The van der Waals surface area contributed by atoms with Gasteiger partial charge in [0.25, 0.3) is 0 Å². The van der Waals surface area contributed by atoms with E-state index in [9.17, 15) is 4.79 Å². The molecule has 116 valence electrons. The van der Waals surface area contributed by atoms with Gasteiger partial charge in [-0.3, -0.25) is 9.69 Å². The molecule has 6 heteroatoms. The summed E-state index contributed by atoms with van der Waals surface area (Å²) in [5.41, 5.74) is 1.08. The Morgan fingerprint density at radius 2 is 2.05 bits per heavy atom. The highest BCUT2D eigenvalue weighted by atomic mass is 35.5. The summed E-state index contributed by atoms with van der Waals surface area (Å²) < 4.78 is 5.58. The predicted molar refractivity (Wildman–Crippen MR) is 83.0 cm³/mol. The standard InChI is InChI=1S/C15H19Cl2NO3/c16-12-2-1-11(14(17)9-12)10-18-6-3-13(4-7-18)21-8-5-15(19)20/h1-2,9,13H,3-8,10H2,(H,19,20). The zero-order valence-corrected chi connectivity index (χ0v) is 13.2. The van der Waals surface area contributed by atoms with Crippen LogP contribution in [0.4, 0.5) is 0 Å². The number of halogens is 2. The van der Waals surface area contributed by atoms with Gasteiger partial charge in [-0.2, -0.15) is 0 Å². The van der Waals surface area contributed by atoms with Crippen molar-refractivity contribution in [2.45, 2.75) is 31.9 Å². The number of nitrogens with zero attached hydrogens (tertiary/aromatic N) is 1. The third kappa shape index (κ3) is 5.47. The van der Waals surface area contributed by atoms with Crippen LogP contribution >= 0.6 is 23.2 Å². The maximum absolute atomic E-state index is 10.4. The summed E-state index contributed by atoms with van der Waals surface area (Å²) in [7, 11) is 0. The fourth-order valence-electron chi connectivity index (χ4n) is 2.44. The van der Waals surface area contributed by atoms with Gasteiger partial charge in [-0.1, -0.05) is 29.3 Å². The van der Waals surface area contributed by atoms with Gasteiger partial charge < -0.3 is 9.84 Å². The lowest BCUT2D eigenvalue weighted by Gasteiger charge is -2.32. The van der Waals surface area contributed by atoms with Gasteiger partial charge in [-0.15, -0.1) is 0 Å². The number of carboxylic acids is 1. The summed E-state index contributed by atoms with van der Waals surface area (Å²) in [5.74, 6) is -0.815. The summed E-state index contributed by atoms with van der Waals surface area (Å²) >= 11 is 12.1. The van der Waals surface area contributed by atoms with Crippen molar-refractivity contribution in [1.82, 2.24) is 4.90 Å². The van der Waals surface area contributed by atoms with Crippen LogP contribution < -0.4 is 0 Å². The van der Waals surface area contributed by atoms with E-state index in [1.807, 2.05) is 12.1 Å². The summed E-state index contributed by atoms with van der Waals surface area (Å²) in [6.45, 7) is 2.95. The molecule has 0 bridgehead atoms. The monoisotopic (exact) mass is 331 g/mol. The van der Waals surface area contributed by atoms with Gasteiger partial charge in [-0.25, -0.2) is 0 Å². The first-order valence-corrected chi connectivity index (χ1v) is 7.80. The molecule has 2 rings (SSSR count). The molecule has 21 heavy (non-hydrogen) atoms. The number of piperidine rings is 1. The Balaban J connectivity index is 1.75. The smallest absolute Gasteiger partial charge is 0.305 e. The summed E-state index contributed by atoms with van der Waals surface area (Å²) in [6, 6.07) is 5.57. The molecular formula is C15H19Cl2NO3. The van der Waals surface area contributed by atoms with Gasteiger partial charge in [0, 0.05) is 29.7 Å². The molecule has 1 aromatic carbocycles. The van der Waals surface area contributed by atoms with Crippen LogP contribution in [0.25, 0.3) is 0 Å². The van der Waals surface area contributed by atoms with Crippen LogP contribution in [-0.4, -0.2) is 41.8 Å². The normalized spacial score (nSPS) is 17.0. The Labute approximate surface area is 134 Å². The molecule has 1 aliphatic heterocycles. The van der Waals surface area contributed by atoms with Crippen LogP contribution in [-0.2, 0) is 16.1 Å². The highest BCUT2D eigenvalue weighted by Crippen LogP contribution is 2.24. The van der Waals surface area contributed by atoms with E-state index in [1.165, 1.54) is 0 Å². The van der Waals surface area contributed by atoms with Crippen LogP contribution in [0, 0.1) is 0 Å². The number of hydrogen-bond acceptors (Lipinski definition) is 3. The molecule has 0 saturated carbocycles. The Bertz CT molecular complexity index is 488. The molecule has 0 aromatic heterocycles. The minimum absolute atomic E-state index is 0.0700. The van der Waals surface area contributed by atoms with Gasteiger partial charge in [0.2, 0.25) is 0 Å². The molecule has 1 heterocycles. The molecule has 1 aliphatic rings. The molecule has 0 aliphatic carbocycles. The van der Waals surface area contributed by atoms with Crippen molar-refractivity contribution >= 4 is 29.2 Å². The first-order valence-electron chi connectivity index (χ1n) is 7.04. The zero-order valence-electron chi connectivity index (χ0n) is 11.7. The SMILES string of the molecule is O=C(O)CCOC1CCN(Cc2ccc(Cl)cc2Cl)CC1. The molecule has 0 radical (unpaired) electrons. The number of hydrogen-bond donors (Lipinski definition) is 1. The fourth-order valence-corrected chi connectivity index (χ4v) is 2.91. The van der Waals surface area contributed by atoms with Crippen LogP contribution in [0.1, 0.15) is 24.8 Å². The van der Waals surface area contributed by atoms with E-state index in [1.54, 1.807) is 6.07 Å². The van der Waals surface area contributed by atoms with E-state index in [0.29, 0.717) is 16.7 Å². The summed E-state index contributed by atoms with van der Waals surface area (Å²) in [6.07, 6.45) is 2.08.